The van der Waals surface area contributed by atoms with Gasteiger partial charge in [0.05, 0.1) is 23.6 Å². The van der Waals surface area contributed by atoms with Gasteiger partial charge in [-0.3, -0.25) is 14.5 Å². The molecular formula is C36H27ClN2O5. The number of hydrogen-bond acceptors (Lipinski definition) is 6. The largest absolute Gasteiger partial charge is 0.486 e. The molecule has 0 N–H and O–H groups in total. The van der Waals surface area contributed by atoms with Crippen LogP contribution in [-0.4, -0.2) is 43.0 Å². The third kappa shape index (κ3) is 5.50. The van der Waals surface area contributed by atoms with E-state index < -0.39 is 0 Å². The minimum atomic E-state index is -0.282. The molecule has 7 nitrogen and oxygen atoms in total. The Hall–Kier alpha value is -5.14. The molecule has 8 heteroatoms. The van der Waals surface area contributed by atoms with Gasteiger partial charge < -0.3 is 14.2 Å². The van der Waals surface area contributed by atoms with E-state index in [2.05, 4.69) is 0 Å². The number of ether oxygens (including phenoxy) is 3. The quantitative estimate of drug-likeness (QED) is 0.188. The van der Waals surface area contributed by atoms with Crippen molar-refractivity contribution in [2.45, 2.75) is 6.92 Å². The Morgan fingerprint density at radius 1 is 0.727 bits per heavy atom. The summed E-state index contributed by atoms with van der Waals surface area (Å²) in [5.74, 6) is 1.47. The van der Waals surface area contributed by atoms with Gasteiger partial charge in [-0.2, -0.15) is 0 Å². The summed E-state index contributed by atoms with van der Waals surface area (Å²) < 4.78 is 17.3. The van der Waals surface area contributed by atoms with E-state index in [9.17, 15) is 9.59 Å². The van der Waals surface area contributed by atoms with Gasteiger partial charge in [0.15, 0.2) is 23.9 Å². The van der Waals surface area contributed by atoms with Crippen molar-refractivity contribution in [3.05, 3.63) is 113 Å². The number of Topliss-reactive ketones (excluding diaryl/α,β-unsaturated/α-hetero) is 1. The maximum absolute atomic E-state index is 13.2. The molecule has 4 aromatic carbocycles. The molecule has 0 saturated carbocycles. The van der Waals surface area contributed by atoms with E-state index in [0.29, 0.717) is 52.4 Å². The molecule has 218 valence electrons. The molecule has 1 amide bonds. The molecule has 0 fully saturated rings. The van der Waals surface area contributed by atoms with Gasteiger partial charge in [-0.25, -0.2) is 4.98 Å². The average molecular weight is 603 g/mol. The van der Waals surface area contributed by atoms with Crippen molar-refractivity contribution in [2.24, 2.45) is 0 Å². The standard InChI is InChI=1S/C36H27ClN2O5/c1-22-2-4-24(5-3-22)32(40)20-39-31-18-25(8-12-33(31)44-21-36(39)41)29-16-27(23-6-10-28(37)11-7-23)17-30(38-29)26-9-13-34-35(19-26)43-15-14-42-34/h2-13,16-19H,14-15,20-21H2,1H3. The van der Waals surface area contributed by atoms with Gasteiger partial charge in [-0.1, -0.05) is 53.6 Å². The summed E-state index contributed by atoms with van der Waals surface area (Å²) in [6.45, 7) is 2.74. The summed E-state index contributed by atoms with van der Waals surface area (Å²) in [5.41, 5.74) is 7.11. The van der Waals surface area contributed by atoms with Crippen LogP contribution in [0.3, 0.4) is 0 Å². The van der Waals surface area contributed by atoms with Crippen molar-refractivity contribution in [2.75, 3.05) is 31.3 Å². The van der Waals surface area contributed by atoms with Crippen molar-refractivity contribution in [3.63, 3.8) is 0 Å². The van der Waals surface area contributed by atoms with Crippen LogP contribution in [0.15, 0.2) is 97.1 Å². The molecule has 5 aromatic rings. The highest BCUT2D eigenvalue weighted by atomic mass is 35.5. The summed E-state index contributed by atoms with van der Waals surface area (Å²) in [5, 5.41) is 0.648. The summed E-state index contributed by atoms with van der Waals surface area (Å²) >= 11 is 6.19. The van der Waals surface area contributed by atoms with Gasteiger partial charge in [0.25, 0.3) is 5.91 Å². The lowest BCUT2D eigenvalue weighted by Crippen LogP contribution is -2.42. The summed E-state index contributed by atoms with van der Waals surface area (Å²) in [4.78, 5) is 32.8. The number of ketones is 1. The van der Waals surface area contributed by atoms with Gasteiger partial charge in [-0.15, -0.1) is 0 Å². The Morgan fingerprint density at radius 2 is 1.36 bits per heavy atom. The molecule has 0 radical (unpaired) electrons. The summed E-state index contributed by atoms with van der Waals surface area (Å²) in [6, 6.07) is 30.4. The van der Waals surface area contributed by atoms with Crippen LogP contribution in [-0.2, 0) is 4.79 Å². The van der Waals surface area contributed by atoms with Crippen LogP contribution < -0.4 is 19.1 Å². The van der Waals surface area contributed by atoms with Crippen molar-refractivity contribution < 1.29 is 23.8 Å². The second kappa shape index (κ2) is 11.5. The van der Waals surface area contributed by atoms with Crippen LogP contribution in [0.1, 0.15) is 15.9 Å². The predicted molar refractivity (Wildman–Crippen MR) is 170 cm³/mol. The third-order valence-electron chi connectivity index (χ3n) is 7.71. The number of hydrogen-bond donors (Lipinski definition) is 0. The molecule has 0 atom stereocenters. The molecule has 1 aromatic heterocycles. The Balaban J connectivity index is 1.30. The highest BCUT2D eigenvalue weighted by molar-refractivity contribution is 6.30. The van der Waals surface area contributed by atoms with Gasteiger partial charge in [0.1, 0.15) is 19.0 Å². The number of pyridine rings is 1. The second-order valence-corrected chi connectivity index (χ2v) is 11.2. The van der Waals surface area contributed by atoms with E-state index in [1.165, 1.54) is 4.90 Å². The van der Waals surface area contributed by atoms with Crippen molar-refractivity contribution in [3.8, 4) is 50.9 Å². The van der Waals surface area contributed by atoms with Gasteiger partial charge in [-0.05, 0) is 78.7 Å². The molecule has 2 aliphatic rings. The zero-order valence-electron chi connectivity index (χ0n) is 23.9. The molecular weight excluding hydrogens is 576 g/mol. The SMILES string of the molecule is Cc1ccc(C(=O)CN2C(=O)COc3ccc(-c4cc(-c5ccc(Cl)cc5)cc(-c5ccc6c(c5)OCCO6)n4)cc32)cc1. The average Bonchev–Trinajstić information content (AvgIpc) is 3.06. The number of aryl methyl sites for hydroxylation is 1. The molecule has 0 saturated heterocycles. The van der Waals surface area contributed by atoms with Crippen LogP contribution in [0.4, 0.5) is 5.69 Å². The highest BCUT2D eigenvalue weighted by Crippen LogP contribution is 2.39. The third-order valence-corrected chi connectivity index (χ3v) is 7.97. The molecule has 44 heavy (non-hydrogen) atoms. The normalized spacial score (nSPS) is 13.7. The number of halogens is 1. The first kappa shape index (κ1) is 27.7. The van der Waals surface area contributed by atoms with Crippen LogP contribution in [0.2, 0.25) is 5.02 Å². The van der Waals surface area contributed by atoms with Crippen molar-refractivity contribution in [1.82, 2.24) is 4.98 Å². The predicted octanol–water partition coefficient (Wildman–Crippen LogP) is 7.42. The lowest BCUT2D eigenvalue weighted by molar-refractivity contribution is -0.121. The molecule has 3 heterocycles. The van der Waals surface area contributed by atoms with Gasteiger partial charge in [0.2, 0.25) is 0 Å². The van der Waals surface area contributed by atoms with Gasteiger partial charge >= 0.3 is 0 Å². The number of anilines is 1. The molecule has 0 bridgehead atoms. The van der Waals surface area contributed by atoms with Gasteiger partial charge in [0, 0.05) is 21.7 Å². The topological polar surface area (TPSA) is 78.0 Å². The van der Waals surface area contributed by atoms with E-state index in [-0.39, 0.29) is 24.8 Å². The van der Waals surface area contributed by atoms with E-state index in [0.717, 1.165) is 33.5 Å². The molecule has 0 aliphatic carbocycles. The summed E-state index contributed by atoms with van der Waals surface area (Å²) in [7, 11) is 0. The smallest absolute Gasteiger partial charge is 0.265 e. The lowest BCUT2D eigenvalue weighted by atomic mass is 9.99. The molecule has 0 unspecified atom stereocenters. The Morgan fingerprint density at radius 3 is 2.09 bits per heavy atom. The number of amides is 1. The van der Waals surface area contributed by atoms with E-state index in [1.807, 2.05) is 91.9 Å². The zero-order valence-corrected chi connectivity index (χ0v) is 24.6. The van der Waals surface area contributed by atoms with E-state index in [4.69, 9.17) is 30.8 Å². The lowest BCUT2D eigenvalue weighted by Gasteiger charge is -2.29. The maximum atomic E-state index is 13.2. The number of fused-ring (bicyclic) bond motifs is 2. The van der Waals surface area contributed by atoms with Crippen LogP contribution in [0, 0.1) is 6.92 Å². The van der Waals surface area contributed by atoms with Crippen molar-refractivity contribution in [1.29, 1.82) is 0 Å². The minimum Gasteiger partial charge on any atom is -0.486 e. The first-order chi connectivity index (χ1) is 21.4. The van der Waals surface area contributed by atoms with E-state index >= 15 is 0 Å². The number of nitrogens with zero attached hydrogens (tertiary/aromatic N) is 2. The molecule has 0 spiro atoms. The fraction of sp³-hybridized carbons (Fsp3) is 0.139. The van der Waals surface area contributed by atoms with Crippen LogP contribution in [0.25, 0.3) is 33.6 Å². The zero-order chi connectivity index (χ0) is 30.2. The summed E-state index contributed by atoms with van der Waals surface area (Å²) in [6.07, 6.45) is 0. The Labute approximate surface area is 259 Å². The number of carbonyl (C=O) groups excluding carboxylic acids is 2. The molecule has 2 aliphatic heterocycles. The number of benzene rings is 4. The Bertz CT molecular complexity index is 1900. The maximum Gasteiger partial charge on any atom is 0.265 e. The number of rotatable bonds is 6. The van der Waals surface area contributed by atoms with Crippen molar-refractivity contribution >= 4 is 29.0 Å². The minimum absolute atomic E-state index is 0.0948. The number of aromatic nitrogens is 1. The van der Waals surface area contributed by atoms with Crippen LogP contribution >= 0.6 is 11.6 Å². The van der Waals surface area contributed by atoms with Crippen LogP contribution in [0.5, 0.6) is 17.2 Å². The Kier molecular flexibility index (Phi) is 7.24. The first-order valence-corrected chi connectivity index (χ1v) is 14.6. The van der Waals surface area contributed by atoms with E-state index in [1.54, 1.807) is 12.1 Å². The molecule has 7 rings (SSSR count). The fourth-order valence-corrected chi connectivity index (χ4v) is 5.47. The monoisotopic (exact) mass is 602 g/mol. The second-order valence-electron chi connectivity index (χ2n) is 10.7. The highest BCUT2D eigenvalue weighted by Gasteiger charge is 2.28. The first-order valence-electron chi connectivity index (χ1n) is 14.3. The fourth-order valence-electron chi connectivity index (χ4n) is 5.35. The number of carbonyl (C=O) groups is 2.